The van der Waals surface area contributed by atoms with Gasteiger partial charge in [-0.1, -0.05) is 0 Å². The third-order valence-corrected chi connectivity index (χ3v) is 3.07. The molecule has 16 heavy (non-hydrogen) atoms. The lowest BCUT2D eigenvalue weighted by Gasteiger charge is -2.13. The van der Waals surface area contributed by atoms with Crippen LogP contribution in [0.15, 0.2) is 24.9 Å². The first kappa shape index (κ1) is 9.59. The zero-order chi connectivity index (χ0) is 10.8. The summed E-state index contributed by atoms with van der Waals surface area (Å²) in [5, 5.41) is 10.3. The average molecular weight is 217 g/mol. The van der Waals surface area contributed by atoms with E-state index >= 15 is 0 Å². The Morgan fingerprint density at radius 1 is 1.44 bits per heavy atom. The van der Waals surface area contributed by atoms with E-state index in [1.165, 1.54) is 24.1 Å². The Hall–Kier alpha value is -1.62. The first-order valence-corrected chi connectivity index (χ1v) is 5.64. The van der Waals surface area contributed by atoms with Crippen LogP contribution in [0.5, 0.6) is 0 Å². The molecule has 2 aromatic rings. The van der Waals surface area contributed by atoms with Gasteiger partial charge in [0.2, 0.25) is 0 Å². The minimum atomic E-state index is 0.467. The zero-order valence-corrected chi connectivity index (χ0v) is 9.06. The number of aromatic amines is 1. The number of hydrogen-bond acceptors (Lipinski definition) is 3. The van der Waals surface area contributed by atoms with Crippen molar-refractivity contribution in [3.63, 3.8) is 0 Å². The van der Waals surface area contributed by atoms with E-state index in [-0.39, 0.29) is 0 Å². The van der Waals surface area contributed by atoms with Gasteiger partial charge in [-0.25, -0.2) is 4.98 Å². The first-order valence-electron chi connectivity index (χ1n) is 5.64. The maximum absolute atomic E-state index is 4.24. The molecule has 5 heteroatoms. The summed E-state index contributed by atoms with van der Waals surface area (Å²) in [5.41, 5.74) is 2.45. The fourth-order valence-electron chi connectivity index (χ4n) is 2.25. The molecule has 0 aliphatic carbocycles. The standard InChI is InChI=1S/C11H15N5/c1-2-10(13-3-1)11-6-12-8-16(11)7-9-4-14-15-5-9/h4-6,8,10,13H,1-3,7H2,(H,14,15)/t10-/m0/s1. The van der Waals surface area contributed by atoms with Crippen molar-refractivity contribution in [3.05, 3.63) is 36.2 Å². The Bertz CT molecular complexity index is 439. The molecule has 1 aliphatic rings. The van der Waals surface area contributed by atoms with Crippen LogP contribution in [0.4, 0.5) is 0 Å². The topological polar surface area (TPSA) is 58.5 Å². The Morgan fingerprint density at radius 3 is 3.19 bits per heavy atom. The third kappa shape index (κ3) is 1.74. The second kappa shape index (κ2) is 4.09. The van der Waals surface area contributed by atoms with Crippen molar-refractivity contribution in [1.82, 2.24) is 25.1 Å². The highest BCUT2D eigenvalue weighted by molar-refractivity contribution is 5.11. The fourth-order valence-corrected chi connectivity index (χ4v) is 2.25. The monoisotopic (exact) mass is 217 g/mol. The van der Waals surface area contributed by atoms with Crippen LogP contribution in [-0.4, -0.2) is 26.3 Å². The van der Waals surface area contributed by atoms with Crippen LogP contribution in [0.1, 0.15) is 30.1 Å². The van der Waals surface area contributed by atoms with Crippen LogP contribution in [0, 0.1) is 0 Å². The number of hydrogen-bond donors (Lipinski definition) is 2. The molecule has 1 aliphatic heterocycles. The fraction of sp³-hybridized carbons (Fsp3) is 0.455. The van der Waals surface area contributed by atoms with E-state index in [2.05, 4.69) is 25.1 Å². The zero-order valence-electron chi connectivity index (χ0n) is 9.06. The van der Waals surface area contributed by atoms with Crippen molar-refractivity contribution in [1.29, 1.82) is 0 Å². The second-order valence-electron chi connectivity index (χ2n) is 4.20. The van der Waals surface area contributed by atoms with Crippen molar-refractivity contribution in [3.8, 4) is 0 Å². The van der Waals surface area contributed by atoms with Crippen molar-refractivity contribution < 1.29 is 0 Å². The van der Waals surface area contributed by atoms with E-state index in [0.717, 1.165) is 13.1 Å². The van der Waals surface area contributed by atoms with Crippen molar-refractivity contribution in [2.45, 2.75) is 25.4 Å². The molecular formula is C11H15N5. The minimum Gasteiger partial charge on any atom is -0.329 e. The van der Waals surface area contributed by atoms with Gasteiger partial charge in [-0.2, -0.15) is 5.10 Å². The van der Waals surface area contributed by atoms with Crippen molar-refractivity contribution in [2.24, 2.45) is 0 Å². The normalized spacial score (nSPS) is 20.4. The predicted molar refractivity (Wildman–Crippen MR) is 59.9 cm³/mol. The number of imidazole rings is 1. The largest absolute Gasteiger partial charge is 0.329 e. The van der Waals surface area contributed by atoms with Gasteiger partial charge in [-0.15, -0.1) is 0 Å². The van der Waals surface area contributed by atoms with Gasteiger partial charge >= 0.3 is 0 Å². The maximum atomic E-state index is 4.24. The molecule has 0 spiro atoms. The molecule has 3 heterocycles. The molecule has 2 aromatic heterocycles. The summed E-state index contributed by atoms with van der Waals surface area (Å²) in [5.74, 6) is 0. The van der Waals surface area contributed by atoms with Crippen LogP contribution in [0.2, 0.25) is 0 Å². The van der Waals surface area contributed by atoms with Gasteiger partial charge in [0.05, 0.1) is 24.8 Å². The quantitative estimate of drug-likeness (QED) is 0.808. The number of rotatable bonds is 3. The molecule has 0 bridgehead atoms. The highest BCUT2D eigenvalue weighted by Crippen LogP contribution is 2.22. The van der Waals surface area contributed by atoms with Gasteiger partial charge in [0.1, 0.15) is 0 Å². The van der Waals surface area contributed by atoms with Gasteiger partial charge in [-0.05, 0) is 19.4 Å². The molecule has 0 radical (unpaired) electrons. The van der Waals surface area contributed by atoms with E-state index in [1.54, 1.807) is 0 Å². The molecule has 1 saturated heterocycles. The SMILES string of the molecule is c1n[nH]cc1Cn1cncc1[C@@H]1CCCN1. The van der Waals surface area contributed by atoms with Crippen LogP contribution >= 0.6 is 0 Å². The molecule has 84 valence electrons. The average Bonchev–Trinajstić information content (AvgIpc) is 2.98. The van der Waals surface area contributed by atoms with E-state index < -0.39 is 0 Å². The number of nitrogens with zero attached hydrogens (tertiary/aromatic N) is 3. The van der Waals surface area contributed by atoms with Gasteiger partial charge in [-0.3, -0.25) is 5.10 Å². The summed E-state index contributed by atoms with van der Waals surface area (Å²) in [4.78, 5) is 4.24. The van der Waals surface area contributed by atoms with Gasteiger partial charge in [0, 0.05) is 24.0 Å². The highest BCUT2D eigenvalue weighted by Gasteiger charge is 2.19. The van der Waals surface area contributed by atoms with E-state index in [4.69, 9.17) is 0 Å². The number of H-pyrrole nitrogens is 1. The first-order chi connectivity index (χ1) is 7.93. The van der Waals surface area contributed by atoms with E-state index in [0.29, 0.717) is 6.04 Å². The van der Waals surface area contributed by atoms with Crippen LogP contribution in [-0.2, 0) is 6.54 Å². The van der Waals surface area contributed by atoms with Crippen molar-refractivity contribution in [2.75, 3.05) is 6.54 Å². The lowest BCUT2D eigenvalue weighted by molar-refractivity contribution is 0.584. The molecule has 0 unspecified atom stereocenters. The summed E-state index contributed by atoms with van der Waals surface area (Å²) in [6.45, 7) is 1.95. The smallest absolute Gasteiger partial charge is 0.0951 e. The maximum Gasteiger partial charge on any atom is 0.0951 e. The van der Waals surface area contributed by atoms with Crippen molar-refractivity contribution >= 4 is 0 Å². The molecule has 2 N–H and O–H groups in total. The molecule has 5 nitrogen and oxygen atoms in total. The van der Waals surface area contributed by atoms with Gasteiger partial charge in [0.25, 0.3) is 0 Å². The Balaban J connectivity index is 1.82. The molecule has 0 amide bonds. The van der Waals surface area contributed by atoms with Crippen LogP contribution < -0.4 is 5.32 Å². The second-order valence-corrected chi connectivity index (χ2v) is 4.20. The summed E-state index contributed by atoms with van der Waals surface area (Å²) in [7, 11) is 0. The molecule has 1 atom stereocenters. The van der Waals surface area contributed by atoms with Gasteiger partial charge in [0.15, 0.2) is 0 Å². The van der Waals surface area contributed by atoms with Crippen LogP contribution in [0.25, 0.3) is 0 Å². The lowest BCUT2D eigenvalue weighted by Crippen LogP contribution is -2.17. The Labute approximate surface area is 93.9 Å². The molecular weight excluding hydrogens is 202 g/mol. The molecule has 3 rings (SSSR count). The predicted octanol–water partition coefficient (Wildman–Crippen LogP) is 1.08. The third-order valence-electron chi connectivity index (χ3n) is 3.07. The number of nitrogens with one attached hydrogen (secondary N) is 2. The summed E-state index contributed by atoms with van der Waals surface area (Å²) in [6, 6.07) is 0.467. The van der Waals surface area contributed by atoms with Crippen LogP contribution in [0.3, 0.4) is 0 Å². The Kier molecular flexibility index (Phi) is 2.46. The Morgan fingerprint density at radius 2 is 2.44 bits per heavy atom. The van der Waals surface area contributed by atoms with Gasteiger partial charge < -0.3 is 9.88 Å². The summed E-state index contributed by atoms with van der Waals surface area (Å²) in [6.07, 6.45) is 10.1. The highest BCUT2D eigenvalue weighted by atomic mass is 15.1. The lowest BCUT2D eigenvalue weighted by atomic mass is 10.1. The molecule has 0 saturated carbocycles. The summed E-state index contributed by atoms with van der Waals surface area (Å²) >= 11 is 0. The minimum absolute atomic E-state index is 0.467. The van der Waals surface area contributed by atoms with E-state index in [9.17, 15) is 0 Å². The van der Waals surface area contributed by atoms with E-state index in [1.807, 2.05) is 24.9 Å². The number of aromatic nitrogens is 4. The molecule has 0 aromatic carbocycles. The summed E-state index contributed by atoms with van der Waals surface area (Å²) < 4.78 is 2.19. The molecule has 1 fully saturated rings.